The third kappa shape index (κ3) is 2.39. The standard InChI is InChI=1S/C17H18N2O/c18-15-10-3-4-11-16(15)19-17(20)14-9-5-7-12-6-1-2-8-13(12)14/h1-4,6,8,10-11,14H,5,7,9,18H2,(H,19,20). The van der Waals surface area contributed by atoms with Gasteiger partial charge in [-0.2, -0.15) is 0 Å². The van der Waals surface area contributed by atoms with Crippen LogP contribution in [-0.4, -0.2) is 5.91 Å². The Morgan fingerprint density at radius 2 is 1.85 bits per heavy atom. The topological polar surface area (TPSA) is 55.1 Å². The highest BCUT2D eigenvalue weighted by Gasteiger charge is 2.26. The van der Waals surface area contributed by atoms with Gasteiger partial charge in [-0.1, -0.05) is 36.4 Å². The molecule has 102 valence electrons. The average Bonchev–Trinajstić information content (AvgIpc) is 2.49. The van der Waals surface area contributed by atoms with E-state index < -0.39 is 0 Å². The number of para-hydroxylation sites is 2. The molecule has 3 rings (SSSR count). The number of carbonyl (C=O) groups is 1. The fourth-order valence-corrected chi connectivity index (χ4v) is 2.86. The lowest BCUT2D eigenvalue weighted by Crippen LogP contribution is -2.25. The molecule has 0 bridgehead atoms. The number of fused-ring (bicyclic) bond motifs is 1. The van der Waals surface area contributed by atoms with Crippen molar-refractivity contribution in [2.45, 2.75) is 25.2 Å². The molecule has 0 fully saturated rings. The predicted molar refractivity (Wildman–Crippen MR) is 81.6 cm³/mol. The van der Waals surface area contributed by atoms with E-state index in [1.807, 2.05) is 30.3 Å². The van der Waals surface area contributed by atoms with Gasteiger partial charge in [-0.05, 0) is 42.5 Å². The largest absolute Gasteiger partial charge is 0.397 e. The molecule has 0 heterocycles. The van der Waals surface area contributed by atoms with Gasteiger partial charge in [-0.25, -0.2) is 0 Å². The number of carbonyl (C=O) groups excluding carboxylic acids is 1. The third-order valence-electron chi connectivity index (χ3n) is 3.90. The van der Waals surface area contributed by atoms with E-state index in [0.717, 1.165) is 24.8 Å². The zero-order valence-electron chi connectivity index (χ0n) is 11.3. The lowest BCUT2D eigenvalue weighted by molar-refractivity contribution is -0.117. The van der Waals surface area contributed by atoms with Gasteiger partial charge >= 0.3 is 0 Å². The molecule has 3 nitrogen and oxygen atoms in total. The van der Waals surface area contributed by atoms with E-state index in [4.69, 9.17) is 5.73 Å². The lowest BCUT2D eigenvalue weighted by atomic mass is 9.82. The maximum Gasteiger partial charge on any atom is 0.231 e. The Labute approximate surface area is 118 Å². The van der Waals surface area contributed by atoms with E-state index in [1.165, 1.54) is 5.56 Å². The van der Waals surface area contributed by atoms with E-state index in [1.54, 1.807) is 6.07 Å². The molecule has 20 heavy (non-hydrogen) atoms. The average molecular weight is 266 g/mol. The monoisotopic (exact) mass is 266 g/mol. The summed E-state index contributed by atoms with van der Waals surface area (Å²) < 4.78 is 0. The van der Waals surface area contributed by atoms with Gasteiger partial charge < -0.3 is 11.1 Å². The summed E-state index contributed by atoms with van der Waals surface area (Å²) in [5.41, 5.74) is 9.62. The van der Waals surface area contributed by atoms with E-state index in [2.05, 4.69) is 17.4 Å². The van der Waals surface area contributed by atoms with Crippen LogP contribution in [0.1, 0.15) is 29.9 Å². The molecule has 0 radical (unpaired) electrons. The number of nitrogens with one attached hydrogen (secondary N) is 1. The molecule has 1 unspecified atom stereocenters. The maximum atomic E-state index is 12.5. The van der Waals surface area contributed by atoms with Gasteiger partial charge in [0.1, 0.15) is 0 Å². The van der Waals surface area contributed by atoms with Crippen LogP contribution in [0.3, 0.4) is 0 Å². The Kier molecular flexibility index (Phi) is 3.42. The van der Waals surface area contributed by atoms with E-state index in [9.17, 15) is 4.79 Å². The van der Waals surface area contributed by atoms with E-state index in [0.29, 0.717) is 11.4 Å². The lowest BCUT2D eigenvalue weighted by Gasteiger charge is -2.24. The fourth-order valence-electron chi connectivity index (χ4n) is 2.86. The Morgan fingerprint density at radius 3 is 2.70 bits per heavy atom. The number of nitrogens with two attached hydrogens (primary N) is 1. The van der Waals surface area contributed by atoms with Gasteiger partial charge in [0.2, 0.25) is 5.91 Å². The second-order valence-electron chi connectivity index (χ2n) is 5.22. The normalized spacial score (nSPS) is 17.3. The highest BCUT2D eigenvalue weighted by Crippen LogP contribution is 2.32. The fraction of sp³-hybridized carbons (Fsp3) is 0.235. The third-order valence-corrected chi connectivity index (χ3v) is 3.90. The molecule has 0 aromatic heterocycles. The van der Waals surface area contributed by atoms with Gasteiger partial charge in [0.15, 0.2) is 0 Å². The van der Waals surface area contributed by atoms with Crippen LogP contribution in [0.25, 0.3) is 0 Å². The van der Waals surface area contributed by atoms with Gasteiger partial charge in [-0.15, -0.1) is 0 Å². The van der Waals surface area contributed by atoms with Crippen LogP contribution in [-0.2, 0) is 11.2 Å². The molecule has 0 saturated heterocycles. The summed E-state index contributed by atoms with van der Waals surface area (Å²) in [6.45, 7) is 0. The molecule has 2 aromatic rings. The van der Waals surface area contributed by atoms with Crippen molar-refractivity contribution in [2.75, 3.05) is 11.1 Å². The van der Waals surface area contributed by atoms with Crippen LogP contribution in [0.5, 0.6) is 0 Å². The van der Waals surface area contributed by atoms with Crippen molar-refractivity contribution < 1.29 is 4.79 Å². The van der Waals surface area contributed by atoms with Crippen LogP contribution in [0.4, 0.5) is 11.4 Å². The molecule has 3 heteroatoms. The summed E-state index contributed by atoms with van der Waals surface area (Å²) in [6, 6.07) is 15.6. The summed E-state index contributed by atoms with van der Waals surface area (Å²) >= 11 is 0. The molecule has 0 aliphatic heterocycles. The molecular formula is C17H18N2O. The molecule has 1 aliphatic carbocycles. The molecular weight excluding hydrogens is 248 g/mol. The SMILES string of the molecule is Nc1ccccc1NC(=O)C1CCCc2ccccc21. The van der Waals surface area contributed by atoms with Crippen LogP contribution in [0.2, 0.25) is 0 Å². The minimum atomic E-state index is -0.0699. The van der Waals surface area contributed by atoms with Gasteiger partial charge in [0.25, 0.3) is 0 Å². The van der Waals surface area contributed by atoms with E-state index in [-0.39, 0.29) is 11.8 Å². The summed E-state index contributed by atoms with van der Waals surface area (Å²) in [4.78, 5) is 12.5. The molecule has 1 aliphatic rings. The van der Waals surface area contributed by atoms with Crippen molar-refractivity contribution in [1.29, 1.82) is 0 Å². The highest BCUT2D eigenvalue weighted by molar-refractivity contribution is 5.98. The van der Waals surface area contributed by atoms with Gasteiger partial charge in [0, 0.05) is 0 Å². The quantitative estimate of drug-likeness (QED) is 0.819. The molecule has 1 amide bonds. The zero-order chi connectivity index (χ0) is 13.9. The Hall–Kier alpha value is -2.29. The van der Waals surface area contributed by atoms with Crippen molar-refractivity contribution in [1.82, 2.24) is 0 Å². The van der Waals surface area contributed by atoms with Crippen LogP contribution < -0.4 is 11.1 Å². The zero-order valence-corrected chi connectivity index (χ0v) is 11.3. The van der Waals surface area contributed by atoms with Crippen molar-refractivity contribution in [2.24, 2.45) is 0 Å². The predicted octanol–water partition coefficient (Wildman–Crippen LogP) is 3.33. The smallest absolute Gasteiger partial charge is 0.231 e. The molecule has 2 aromatic carbocycles. The highest BCUT2D eigenvalue weighted by atomic mass is 16.1. The molecule has 3 N–H and O–H groups in total. The number of hydrogen-bond acceptors (Lipinski definition) is 2. The second kappa shape index (κ2) is 5.37. The van der Waals surface area contributed by atoms with Crippen molar-refractivity contribution in [3.63, 3.8) is 0 Å². The number of anilines is 2. The van der Waals surface area contributed by atoms with E-state index >= 15 is 0 Å². The minimum absolute atomic E-state index is 0.0371. The van der Waals surface area contributed by atoms with Crippen molar-refractivity contribution in [3.05, 3.63) is 59.7 Å². The number of aryl methyl sites for hydroxylation is 1. The first-order chi connectivity index (χ1) is 9.75. The van der Waals surface area contributed by atoms with Crippen LogP contribution in [0.15, 0.2) is 48.5 Å². The first-order valence-electron chi connectivity index (χ1n) is 6.99. The number of nitrogen functional groups attached to an aromatic ring is 1. The van der Waals surface area contributed by atoms with Crippen molar-refractivity contribution >= 4 is 17.3 Å². The number of benzene rings is 2. The molecule has 0 spiro atoms. The first-order valence-corrected chi connectivity index (χ1v) is 6.99. The summed E-state index contributed by atoms with van der Waals surface area (Å²) in [7, 11) is 0. The summed E-state index contributed by atoms with van der Waals surface area (Å²) in [5, 5.41) is 2.96. The second-order valence-corrected chi connectivity index (χ2v) is 5.22. The summed E-state index contributed by atoms with van der Waals surface area (Å²) in [5.74, 6) is -0.0328. The maximum absolute atomic E-state index is 12.5. The minimum Gasteiger partial charge on any atom is -0.397 e. The van der Waals surface area contributed by atoms with Crippen LogP contribution in [0, 0.1) is 0 Å². The number of rotatable bonds is 2. The number of hydrogen-bond donors (Lipinski definition) is 2. The molecule has 1 atom stereocenters. The van der Waals surface area contributed by atoms with Gasteiger partial charge in [0.05, 0.1) is 17.3 Å². The molecule has 0 saturated carbocycles. The first kappa shape index (κ1) is 12.7. The Bertz CT molecular complexity index is 636. The van der Waals surface area contributed by atoms with Gasteiger partial charge in [-0.3, -0.25) is 4.79 Å². The Balaban J connectivity index is 1.84. The number of amides is 1. The summed E-state index contributed by atoms with van der Waals surface area (Å²) in [6.07, 6.45) is 3.02. The van der Waals surface area contributed by atoms with Crippen molar-refractivity contribution in [3.8, 4) is 0 Å². The Morgan fingerprint density at radius 1 is 1.10 bits per heavy atom. The van der Waals surface area contributed by atoms with Crippen LogP contribution >= 0.6 is 0 Å².